The van der Waals surface area contributed by atoms with Gasteiger partial charge in [-0.1, -0.05) is 18.2 Å². The van der Waals surface area contributed by atoms with Crippen LogP contribution < -0.4 is 15.1 Å². The number of benzene rings is 1. The van der Waals surface area contributed by atoms with Gasteiger partial charge in [-0.25, -0.2) is 4.98 Å². The highest BCUT2D eigenvalue weighted by atomic mass is 16.5. The molecule has 0 radical (unpaired) electrons. The molecule has 1 aliphatic heterocycles. The van der Waals surface area contributed by atoms with Crippen molar-refractivity contribution >= 4 is 17.7 Å². The lowest BCUT2D eigenvalue weighted by Gasteiger charge is -2.29. The van der Waals surface area contributed by atoms with Crippen molar-refractivity contribution in [2.75, 3.05) is 56.2 Å². The molecule has 2 aliphatic rings. The number of hydrogen-bond donors (Lipinski definition) is 1. The molecule has 1 saturated carbocycles. The quantitative estimate of drug-likeness (QED) is 0.698. The van der Waals surface area contributed by atoms with Gasteiger partial charge in [0, 0.05) is 39.3 Å². The first-order chi connectivity index (χ1) is 15.1. The largest absolute Gasteiger partial charge is 0.378 e. The highest BCUT2D eigenvalue weighted by molar-refractivity contribution is 5.93. The number of likely N-dealkylation sites (N-methyl/N-ethyl adjacent to an activating group) is 1. The highest BCUT2D eigenvalue weighted by Crippen LogP contribution is 2.27. The van der Waals surface area contributed by atoms with Crippen LogP contribution in [0.25, 0.3) is 0 Å². The lowest BCUT2D eigenvalue weighted by molar-refractivity contribution is 0.0946. The summed E-state index contributed by atoms with van der Waals surface area (Å²) in [6, 6.07) is 11.6. The third-order valence-electron chi connectivity index (χ3n) is 5.71. The van der Waals surface area contributed by atoms with E-state index >= 15 is 0 Å². The second kappa shape index (κ2) is 9.75. The maximum Gasteiger partial charge on any atom is 0.270 e. The minimum absolute atomic E-state index is 0.159. The Hall–Kier alpha value is -3.18. The number of anilines is 2. The fraction of sp³-hybridized carbons (Fsp3) is 0.478. The van der Waals surface area contributed by atoms with Crippen LogP contribution in [0.3, 0.4) is 0 Å². The molecule has 1 saturated heterocycles. The van der Waals surface area contributed by atoms with Crippen molar-refractivity contribution in [1.29, 1.82) is 5.26 Å². The van der Waals surface area contributed by atoms with Gasteiger partial charge in [0.05, 0.1) is 24.8 Å². The molecule has 0 atom stereocenters. The minimum Gasteiger partial charge on any atom is -0.378 e. The number of ether oxygens (including phenoxy) is 1. The van der Waals surface area contributed by atoms with Gasteiger partial charge in [0.2, 0.25) is 5.95 Å². The maximum atomic E-state index is 12.8. The van der Waals surface area contributed by atoms with Gasteiger partial charge in [0.1, 0.15) is 11.5 Å². The first kappa shape index (κ1) is 21.1. The Morgan fingerprint density at radius 3 is 2.81 bits per heavy atom. The molecule has 8 nitrogen and oxygen atoms in total. The van der Waals surface area contributed by atoms with E-state index in [1.165, 1.54) is 12.8 Å². The third-order valence-corrected chi connectivity index (χ3v) is 5.71. The van der Waals surface area contributed by atoms with Crippen molar-refractivity contribution in [1.82, 2.24) is 15.3 Å². The van der Waals surface area contributed by atoms with Crippen LogP contribution in [-0.4, -0.2) is 62.3 Å². The summed E-state index contributed by atoms with van der Waals surface area (Å²) < 4.78 is 5.46. The number of nitriles is 1. The number of nitrogens with zero attached hydrogens (tertiary/aromatic N) is 5. The van der Waals surface area contributed by atoms with Crippen molar-refractivity contribution in [2.45, 2.75) is 19.3 Å². The van der Waals surface area contributed by atoms with E-state index in [-0.39, 0.29) is 5.91 Å². The summed E-state index contributed by atoms with van der Waals surface area (Å²) in [5.41, 5.74) is 2.05. The van der Waals surface area contributed by atoms with E-state index in [1.807, 2.05) is 36.2 Å². The SMILES string of the molecule is CN(CCc1ccccc1C#N)c1nc(C(=O)NCC2CC2)cc(N2CCOCC2)n1. The summed E-state index contributed by atoms with van der Waals surface area (Å²) in [6.45, 7) is 4.09. The van der Waals surface area contributed by atoms with E-state index in [0.717, 1.165) is 24.5 Å². The summed E-state index contributed by atoms with van der Waals surface area (Å²) in [7, 11) is 1.92. The zero-order chi connectivity index (χ0) is 21.6. The van der Waals surface area contributed by atoms with Crippen LogP contribution >= 0.6 is 0 Å². The number of aromatic nitrogens is 2. The number of carbonyl (C=O) groups excluding carboxylic acids is 1. The average molecular weight is 421 g/mol. The monoisotopic (exact) mass is 420 g/mol. The Morgan fingerprint density at radius 2 is 2.06 bits per heavy atom. The van der Waals surface area contributed by atoms with Crippen LogP contribution in [0.4, 0.5) is 11.8 Å². The van der Waals surface area contributed by atoms with Gasteiger partial charge in [0.25, 0.3) is 5.91 Å². The van der Waals surface area contributed by atoms with Gasteiger partial charge in [0.15, 0.2) is 0 Å². The standard InChI is InChI=1S/C23H28N6O2/c1-28(9-8-18-4-2-3-5-19(18)15-24)23-26-20(22(30)25-16-17-6-7-17)14-21(27-23)29-10-12-31-13-11-29/h2-5,14,17H,6-13,16H2,1H3,(H,25,30). The van der Waals surface area contributed by atoms with Gasteiger partial charge in [-0.3, -0.25) is 4.79 Å². The minimum atomic E-state index is -0.159. The van der Waals surface area contributed by atoms with Crippen molar-refractivity contribution in [3.05, 3.63) is 47.2 Å². The first-order valence-corrected chi connectivity index (χ1v) is 10.8. The van der Waals surface area contributed by atoms with Crippen LogP contribution in [0.15, 0.2) is 30.3 Å². The number of hydrogen-bond acceptors (Lipinski definition) is 7. The van der Waals surface area contributed by atoms with E-state index < -0.39 is 0 Å². The Morgan fingerprint density at radius 1 is 1.29 bits per heavy atom. The lowest BCUT2D eigenvalue weighted by atomic mass is 10.1. The normalized spacial score (nSPS) is 15.9. The number of carbonyl (C=O) groups is 1. The predicted octanol–water partition coefficient (Wildman–Crippen LogP) is 2.00. The van der Waals surface area contributed by atoms with E-state index in [0.29, 0.717) is 55.8 Å². The zero-order valence-electron chi connectivity index (χ0n) is 17.9. The molecule has 2 heterocycles. The van der Waals surface area contributed by atoms with Crippen molar-refractivity contribution in [2.24, 2.45) is 5.92 Å². The van der Waals surface area contributed by atoms with E-state index in [1.54, 1.807) is 6.07 Å². The van der Waals surface area contributed by atoms with Crippen LogP contribution in [0, 0.1) is 17.2 Å². The van der Waals surface area contributed by atoms with Gasteiger partial charge in [-0.2, -0.15) is 10.2 Å². The van der Waals surface area contributed by atoms with Gasteiger partial charge < -0.3 is 19.9 Å². The van der Waals surface area contributed by atoms with E-state index in [4.69, 9.17) is 9.72 Å². The van der Waals surface area contributed by atoms with Crippen LogP contribution in [0.5, 0.6) is 0 Å². The molecule has 2 aromatic rings. The number of rotatable bonds is 8. The van der Waals surface area contributed by atoms with E-state index in [9.17, 15) is 10.1 Å². The molecular weight excluding hydrogens is 392 g/mol. The summed E-state index contributed by atoms with van der Waals surface area (Å²) in [5.74, 6) is 1.70. The Labute approximate surface area is 182 Å². The maximum absolute atomic E-state index is 12.8. The Bertz CT molecular complexity index is 963. The highest BCUT2D eigenvalue weighted by Gasteiger charge is 2.24. The van der Waals surface area contributed by atoms with Crippen LogP contribution in [-0.2, 0) is 11.2 Å². The molecule has 0 unspecified atom stereocenters. The number of amides is 1. The molecule has 0 bridgehead atoms. The third kappa shape index (κ3) is 5.50. The molecular formula is C23H28N6O2. The van der Waals surface area contributed by atoms with Gasteiger partial charge >= 0.3 is 0 Å². The molecule has 2 fully saturated rings. The summed E-state index contributed by atoms with van der Waals surface area (Å²) in [5, 5.41) is 12.3. The zero-order valence-corrected chi connectivity index (χ0v) is 17.9. The fourth-order valence-corrected chi connectivity index (χ4v) is 3.55. The topological polar surface area (TPSA) is 94.4 Å². The Kier molecular flexibility index (Phi) is 6.63. The summed E-state index contributed by atoms with van der Waals surface area (Å²) >= 11 is 0. The molecule has 1 aromatic heterocycles. The molecule has 1 amide bonds. The first-order valence-electron chi connectivity index (χ1n) is 10.8. The molecule has 8 heteroatoms. The van der Waals surface area contributed by atoms with Crippen molar-refractivity contribution in [3.63, 3.8) is 0 Å². The number of morpholine rings is 1. The average Bonchev–Trinajstić information content (AvgIpc) is 3.66. The molecule has 0 spiro atoms. The second-order valence-corrected chi connectivity index (χ2v) is 8.10. The lowest BCUT2D eigenvalue weighted by Crippen LogP contribution is -2.37. The van der Waals surface area contributed by atoms with Gasteiger partial charge in [-0.05, 0) is 36.8 Å². The van der Waals surface area contributed by atoms with Crippen LogP contribution in [0.2, 0.25) is 0 Å². The second-order valence-electron chi connectivity index (χ2n) is 8.10. The summed E-state index contributed by atoms with van der Waals surface area (Å²) in [6.07, 6.45) is 3.05. The van der Waals surface area contributed by atoms with Crippen molar-refractivity contribution in [3.8, 4) is 6.07 Å². The fourth-order valence-electron chi connectivity index (χ4n) is 3.55. The molecule has 1 N–H and O–H groups in total. The Balaban J connectivity index is 1.53. The molecule has 162 valence electrons. The number of nitrogens with one attached hydrogen (secondary N) is 1. The van der Waals surface area contributed by atoms with Crippen molar-refractivity contribution < 1.29 is 9.53 Å². The molecule has 31 heavy (non-hydrogen) atoms. The molecule has 4 rings (SSSR count). The van der Waals surface area contributed by atoms with Crippen LogP contribution in [0.1, 0.15) is 34.5 Å². The van der Waals surface area contributed by atoms with Gasteiger partial charge in [-0.15, -0.1) is 0 Å². The summed E-state index contributed by atoms with van der Waals surface area (Å²) in [4.78, 5) is 26.1. The van der Waals surface area contributed by atoms with E-state index in [2.05, 4.69) is 21.3 Å². The molecule has 1 aliphatic carbocycles. The smallest absolute Gasteiger partial charge is 0.270 e. The predicted molar refractivity (Wildman–Crippen MR) is 118 cm³/mol. The molecule has 1 aromatic carbocycles.